The fourth-order valence-electron chi connectivity index (χ4n) is 3.07. The number of sulfone groups is 1. The van der Waals surface area contributed by atoms with Crippen LogP contribution in [0.5, 0.6) is 0 Å². The first-order valence-electron chi connectivity index (χ1n) is 8.66. The van der Waals surface area contributed by atoms with E-state index in [4.69, 9.17) is 28.2 Å². The number of aromatic nitrogens is 2. The molecule has 6 nitrogen and oxygen atoms in total. The van der Waals surface area contributed by atoms with Crippen LogP contribution in [0.2, 0.25) is 5.02 Å². The highest BCUT2D eigenvalue weighted by atomic mass is 35.5. The van der Waals surface area contributed by atoms with Crippen molar-refractivity contribution < 1.29 is 12.8 Å². The fourth-order valence-corrected chi connectivity index (χ4v) is 5.14. The van der Waals surface area contributed by atoms with Crippen molar-refractivity contribution >= 4 is 33.7 Å². The second-order valence-corrected chi connectivity index (χ2v) is 9.56. The normalized spacial score (nSPS) is 19.3. The van der Waals surface area contributed by atoms with Crippen LogP contribution in [0.4, 0.5) is 0 Å². The molecular formula is C17H22ClN3O3S2. The fraction of sp³-hybridized carbons (Fsp3) is 0.529. The quantitative estimate of drug-likeness (QED) is 0.641. The predicted octanol–water partition coefficient (Wildman–Crippen LogP) is 3.77. The van der Waals surface area contributed by atoms with Gasteiger partial charge >= 0.3 is 0 Å². The summed E-state index contributed by atoms with van der Waals surface area (Å²) in [4.78, 5) is 2.43. The third kappa shape index (κ3) is 4.73. The Bertz CT molecular complexity index is 906. The van der Waals surface area contributed by atoms with Gasteiger partial charge in [0, 0.05) is 23.2 Å². The van der Waals surface area contributed by atoms with Gasteiger partial charge in [-0.05, 0) is 49.3 Å². The molecule has 1 aliphatic rings. The first-order chi connectivity index (χ1) is 12.4. The Hall–Kier alpha value is -1.22. The molecule has 142 valence electrons. The highest BCUT2D eigenvalue weighted by Crippen LogP contribution is 2.22. The van der Waals surface area contributed by atoms with E-state index in [1.807, 2.05) is 12.1 Å². The summed E-state index contributed by atoms with van der Waals surface area (Å²) in [5, 5.41) is 5.12. The predicted molar refractivity (Wildman–Crippen MR) is 104 cm³/mol. The highest BCUT2D eigenvalue weighted by molar-refractivity contribution is 7.91. The van der Waals surface area contributed by atoms with Gasteiger partial charge in [0.1, 0.15) is 0 Å². The average molecular weight is 416 g/mol. The number of rotatable bonds is 7. The van der Waals surface area contributed by atoms with E-state index in [2.05, 4.69) is 16.9 Å². The minimum atomic E-state index is -2.94. The molecule has 1 aromatic heterocycles. The third-order valence-electron chi connectivity index (χ3n) is 4.54. The maximum atomic E-state index is 11.9. The molecule has 2 heterocycles. The summed E-state index contributed by atoms with van der Waals surface area (Å²) in [5.41, 5.74) is 0.794. The summed E-state index contributed by atoms with van der Waals surface area (Å²) in [7, 11) is -2.94. The zero-order chi connectivity index (χ0) is 18.7. The van der Waals surface area contributed by atoms with Gasteiger partial charge in [0.05, 0.1) is 18.2 Å². The van der Waals surface area contributed by atoms with Crippen molar-refractivity contribution in [3.8, 4) is 11.5 Å². The molecule has 0 N–H and O–H groups in total. The molecule has 0 spiro atoms. The van der Waals surface area contributed by atoms with Crippen LogP contribution in [0, 0.1) is 4.84 Å². The van der Waals surface area contributed by atoms with Gasteiger partial charge in [-0.1, -0.05) is 24.9 Å². The summed E-state index contributed by atoms with van der Waals surface area (Å²) in [6.45, 7) is 3.35. The first-order valence-corrected chi connectivity index (χ1v) is 11.3. The Balaban J connectivity index is 1.80. The van der Waals surface area contributed by atoms with Crippen molar-refractivity contribution in [3.05, 3.63) is 34.1 Å². The molecule has 2 aromatic rings. The minimum absolute atomic E-state index is 0.00383. The minimum Gasteiger partial charge on any atom is -0.409 e. The SMILES string of the molecule is CCCCN(Cn1nc(-c2ccc(Cl)cc2)oc1=S)C1CCS(=O)(=O)C1. The number of benzene rings is 1. The molecule has 1 aliphatic heterocycles. The van der Waals surface area contributed by atoms with E-state index < -0.39 is 9.84 Å². The molecule has 0 bridgehead atoms. The number of unbranched alkanes of at least 4 members (excludes halogenated alkanes) is 1. The van der Waals surface area contributed by atoms with Crippen LogP contribution < -0.4 is 0 Å². The van der Waals surface area contributed by atoms with Crippen molar-refractivity contribution in [1.82, 2.24) is 14.7 Å². The van der Waals surface area contributed by atoms with Gasteiger partial charge in [0.2, 0.25) is 5.89 Å². The molecule has 3 rings (SSSR count). The standard InChI is InChI=1S/C17H22ClN3O3S2/c1-2-3-9-20(15-8-10-26(22,23)11-15)12-21-17(25)24-16(19-21)13-4-6-14(18)7-5-13/h4-7,15H,2-3,8-12H2,1H3. The van der Waals surface area contributed by atoms with Crippen molar-refractivity contribution in [1.29, 1.82) is 0 Å². The molecule has 1 aromatic carbocycles. The van der Waals surface area contributed by atoms with Crippen LogP contribution >= 0.6 is 23.8 Å². The Labute approximate surface area is 163 Å². The first kappa shape index (κ1) is 19.5. The van der Waals surface area contributed by atoms with E-state index >= 15 is 0 Å². The molecule has 1 saturated heterocycles. The van der Waals surface area contributed by atoms with Crippen LogP contribution in [-0.2, 0) is 16.5 Å². The lowest BCUT2D eigenvalue weighted by Crippen LogP contribution is -2.38. The Morgan fingerprint density at radius 2 is 2.12 bits per heavy atom. The largest absolute Gasteiger partial charge is 0.409 e. The van der Waals surface area contributed by atoms with Gasteiger partial charge in [-0.25, -0.2) is 13.1 Å². The number of hydrogen-bond acceptors (Lipinski definition) is 6. The summed E-state index contributed by atoms with van der Waals surface area (Å²) in [6.07, 6.45) is 2.68. The Morgan fingerprint density at radius 3 is 2.73 bits per heavy atom. The molecular weight excluding hydrogens is 394 g/mol. The van der Waals surface area contributed by atoms with Gasteiger partial charge in [0.15, 0.2) is 9.84 Å². The van der Waals surface area contributed by atoms with E-state index in [9.17, 15) is 8.42 Å². The van der Waals surface area contributed by atoms with Crippen LogP contribution in [0.1, 0.15) is 26.2 Å². The van der Waals surface area contributed by atoms with Gasteiger partial charge < -0.3 is 4.42 Å². The van der Waals surface area contributed by atoms with E-state index in [-0.39, 0.29) is 22.4 Å². The van der Waals surface area contributed by atoms with Crippen LogP contribution in [-0.4, -0.2) is 47.2 Å². The van der Waals surface area contributed by atoms with E-state index in [1.165, 1.54) is 0 Å². The zero-order valence-corrected chi connectivity index (χ0v) is 17.0. The molecule has 1 atom stereocenters. The molecule has 0 radical (unpaired) electrons. The molecule has 0 saturated carbocycles. The van der Waals surface area contributed by atoms with Gasteiger partial charge in [0.25, 0.3) is 4.84 Å². The molecule has 0 aliphatic carbocycles. The molecule has 9 heteroatoms. The smallest absolute Gasteiger partial charge is 0.288 e. The third-order valence-corrected chi connectivity index (χ3v) is 6.83. The van der Waals surface area contributed by atoms with Gasteiger partial charge in [-0.15, -0.1) is 5.10 Å². The monoisotopic (exact) mass is 415 g/mol. The molecule has 26 heavy (non-hydrogen) atoms. The van der Waals surface area contributed by atoms with Crippen molar-refractivity contribution in [2.75, 3.05) is 18.1 Å². The summed E-state index contributed by atoms with van der Waals surface area (Å²) in [6, 6.07) is 7.19. The van der Waals surface area contributed by atoms with Crippen LogP contribution in [0.25, 0.3) is 11.5 Å². The van der Waals surface area contributed by atoms with Gasteiger partial charge in [-0.3, -0.25) is 4.90 Å². The van der Waals surface area contributed by atoms with E-state index in [1.54, 1.807) is 16.8 Å². The van der Waals surface area contributed by atoms with Crippen LogP contribution in [0.15, 0.2) is 28.7 Å². The lowest BCUT2D eigenvalue weighted by molar-refractivity contribution is 0.151. The zero-order valence-electron chi connectivity index (χ0n) is 14.6. The second-order valence-electron chi connectivity index (χ2n) is 6.54. The average Bonchev–Trinajstić information content (AvgIpc) is 3.14. The molecule has 0 amide bonds. The summed E-state index contributed by atoms with van der Waals surface area (Å²) < 4.78 is 31.0. The van der Waals surface area contributed by atoms with Crippen molar-refractivity contribution in [3.63, 3.8) is 0 Å². The van der Waals surface area contributed by atoms with E-state index in [0.717, 1.165) is 24.9 Å². The van der Waals surface area contributed by atoms with Crippen molar-refractivity contribution in [2.45, 2.75) is 38.9 Å². The summed E-state index contributed by atoms with van der Waals surface area (Å²) in [5.74, 6) is 0.882. The second kappa shape index (κ2) is 8.21. The Morgan fingerprint density at radius 1 is 1.38 bits per heavy atom. The molecule has 1 fully saturated rings. The number of halogens is 1. The Kier molecular flexibility index (Phi) is 6.17. The summed E-state index contributed by atoms with van der Waals surface area (Å²) >= 11 is 11.2. The van der Waals surface area contributed by atoms with Crippen molar-refractivity contribution in [2.24, 2.45) is 0 Å². The van der Waals surface area contributed by atoms with Gasteiger partial charge in [-0.2, -0.15) is 0 Å². The lowest BCUT2D eigenvalue weighted by Gasteiger charge is -2.27. The van der Waals surface area contributed by atoms with Crippen LogP contribution in [0.3, 0.4) is 0 Å². The topological polar surface area (TPSA) is 68.3 Å². The van der Waals surface area contributed by atoms with E-state index in [0.29, 0.717) is 24.0 Å². The lowest BCUT2D eigenvalue weighted by atomic mass is 10.2. The highest BCUT2D eigenvalue weighted by Gasteiger charge is 2.32. The molecule has 1 unspecified atom stereocenters. The maximum Gasteiger partial charge on any atom is 0.288 e. The number of hydrogen-bond donors (Lipinski definition) is 0. The maximum absolute atomic E-state index is 11.9. The number of nitrogens with zero attached hydrogens (tertiary/aromatic N) is 3.